The molecule has 0 fully saturated rings. The van der Waals surface area contributed by atoms with Crippen LogP contribution in [-0.2, 0) is 25.0 Å². The Hall–Kier alpha value is -2.87. The van der Waals surface area contributed by atoms with Gasteiger partial charge in [0.05, 0.1) is 27.9 Å². The molecule has 2 N–H and O–H groups in total. The summed E-state index contributed by atoms with van der Waals surface area (Å²) < 4.78 is 91.2. The molecule has 0 amide bonds. The molecule has 290 valence electrons. The van der Waals surface area contributed by atoms with E-state index < -0.39 is 49.4 Å². The first kappa shape index (κ1) is 44.3. The van der Waals surface area contributed by atoms with Gasteiger partial charge in [-0.3, -0.25) is 13.9 Å². The first-order valence-electron chi connectivity index (χ1n) is 18.3. The third kappa shape index (κ3) is 16.6. The Morgan fingerprint density at radius 3 is 1.27 bits per heavy atom. The Labute approximate surface area is 306 Å². The van der Waals surface area contributed by atoms with Crippen molar-refractivity contribution in [1.82, 2.24) is 0 Å². The van der Waals surface area contributed by atoms with E-state index in [1.807, 2.05) is 0 Å². The van der Waals surface area contributed by atoms with Gasteiger partial charge in [0, 0.05) is 12.8 Å². The number of benzene rings is 2. The second-order valence-corrected chi connectivity index (χ2v) is 16.3. The summed E-state index contributed by atoms with van der Waals surface area (Å²) in [5.41, 5.74) is 0.103. The van der Waals surface area contributed by atoms with Crippen LogP contribution < -0.4 is 18.9 Å². The Kier molecular flexibility index (Phi) is 20.5. The molecular formula is C38H60O11S2. The number of carbonyl (C=O) groups excluding carboxylic acids is 1. The molecule has 2 unspecified atom stereocenters. The van der Waals surface area contributed by atoms with Gasteiger partial charge in [0.25, 0.3) is 20.2 Å². The zero-order valence-electron chi connectivity index (χ0n) is 30.9. The Morgan fingerprint density at radius 1 is 0.549 bits per heavy atom. The number of ketones is 1. The van der Waals surface area contributed by atoms with Crippen LogP contribution in [-0.4, -0.2) is 59.7 Å². The molecule has 2 aromatic rings. The highest BCUT2D eigenvalue weighted by Crippen LogP contribution is 2.37. The van der Waals surface area contributed by atoms with Gasteiger partial charge in [0.2, 0.25) is 0 Å². The van der Waals surface area contributed by atoms with Crippen molar-refractivity contribution in [3.8, 4) is 23.0 Å². The number of hydrogen-bond acceptors (Lipinski definition) is 9. The number of hydrogen-bond donors (Lipinski definition) is 2. The molecular weight excluding hydrogens is 697 g/mol. The van der Waals surface area contributed by atoms with Gasteiger partial charge < -0.3 is 18.9 Å². The average molecular weight is 757 g/mol. The van der Waals surface area contributed by atoms with E-state index in [0.29, 0.717) is 18.1 Å². The minimum absolute atomic E-state index is 0.0411. The van der Waals surface area contributed by atoms with Gasteiger partial charge in [-0.05, 0) is 41.8 Å². The first-order chi connectivity index (χ1) is 24.3. The molecule has 2 aromatic carbocycles. The number of methoxy groups -OCH3 is 3. The smallest absolute Gasteiger partial charge is 0.272 e. The third-order valence-corrected chi connectivity index (χ3v) is 11.5. The fourth-order valence-electron chi connectivity index (χ4n) is 6.18. The molecule has 0 saturated heterocycles. The molecule has 13 heteroatoms. The second-order valence-electron chi connectivity index (χ2n) is 13.1. The summed E-state index contributed by atoms with van der Waals surface area (Å²) >= 11 is 0. The fraction of sp³-hybridized carbons (Fsp3) is 0.658. The van der Waals surface area contributed by atoms with E-state index in [9.17, 15) is 30.7 Å². The van der Waals surface area contributed by atoms with Crippen molar-refractivity contribution in [2.24, 2.45) is 0 Å². The van der Waals surface area contributed by atoms with E-state index in [1.54, 1.807) is 0 Å². The van der Waals surface area contributed by atoms with Crippen LogP contribution in [0.1, 0.15) is 144 Å². The van der Waals surface area contributed by atoms with E-state index in [2.05, 4.69) is 6.92 Å². The molecule has 0 aliphatic carbocycles. The van der Waals surface area contributed by atoms with Crippen LogP contribution in [0.5, 0.6) is 23.0 Å². The highest BCUT2D eigenvalue weighted by molar-refractivity contribution is 7.86. The topological polar surface area (TPSA) is 163 Å². The van der Waals surface area contributed by atoms with E-state index in [0.717, 1.165) is 19.3 Å². The Balaban J connectivity index is 1.86. The number of carbonyl (C=O) groups is 1. The van der Waals surface area contributed by atoms with E-state index in [4.69, 9.17) is 18.9 Å². The lowest BCUT2D eigenvalue weighted by molar-refractivity contribution is -0.119. The predicted molar refractivity (Wildman–Crippen MR) is 200 cm³/mol. The fourth-order valence-corrected chi connectivity index (χ4v) is 7.95. The van der Waals surface area contributed by atoms with Crippen LogP contribution in [0.4, 0.5) is 0 Å². The first-order valence-corrected chi connectivity index (χ1v) is 21.3. The van der Waals surface area contributed by atoms with E-state index in [1.165, 1.54) is 141 Å². The van der Waals surface area contributed by atoms with Crippen LogP contribution in [0.25, 0.3) is 0 Å². The molecule has 2 rings (SSSR count). The summed E-state index contributed by atoms with van der Waals surface area (Å²) in [6.45, 7) is 2.70. The molecule has 0 radical (unpaired) electrons. The van der Waals surface area contributed by atoms with Crippen molar-refractivity contribution >= 4 is 26.0 Å². The van der Waals surface area contributed by atoms with E-state index in [-0.39, 0.29) is 22.6 Å². The van der Waals surface area contributed by atoms with Crippen molar-refractivity contribution in [2.45, 2.75) is 133 Å². The van der Waals surface area contributed by atoms with Crippen LogP contribution in [0.15, 0.2) is 36.4 Å². The number of rotatable bonds is 29. The largest absolute Gasteiger partial charge is 0.493 e. The molecule has 0 bridgehead atoms. The van der Waals surface area contributed by atoms with E-state index >= 15 is 0 Å². The van der Waals surface area contributed by atoms with Crippen LogP contribution >= 0.6 is 0 Å². The van der Waals surface area contributed by atoms with Gasteiger partial charge in [0.1, 0.15) is 16.3 Å². The normalized spacial score (nSPS) is 13.1. The van der Waals surface area contributed by atoms with Crippen LogP contribution in [0.2, 0.25) is 0 Å². The predicted octanol–water partition coefficient (Wildman–Crippen LogP) is 9.26. The van der Waals surface area contributed by atoms with Crippen molar-refractivity contribution < 1.29 is 49.7 Å². The quantitative estimate of drug-likeness (QED) is 0.0601. The molecule has 0 aliphatic heterocycles. The maximum atomic E-state index is 13.1. The summed E-state index contributed by atoms with van der Waals surface area (Å²) in [6.07, 6.45) is 18.8. The van der Waals surface area contributed by atoms with Gasteiger partial charge >= 0.3 is 0 Å². The monoisotopic (exact) mass is 756 g/mol. The van der Waals surface area contributed by atoms with Crippen LogP contribution in [0.3, 0.4) is 0 Å². The molecule has 2 atom stereocenters. The highest BCUT2D eigenvalue weighted by atomic mass is 32.2. The molecule has 51 heavy (non-hydrogen) atoms. The van der Waals surface area contributed by atoms with Crippen molar-refractivity contribution in [2.75, 3.05) is 27.9 Å². The maximum absolute atomic E-state index is 13.1. The SMILES string of the molecule is CCCCCCCCCCCCCCCCCCOc1ccc(C(CC(=O)CC(c2ccc(OC)c(OC)c2)S(=O)(=O)O)S(=O)(=O)O)cc1OC. The summed E-state index contributed by atoms with van der Waals surface area (Å²) in [5, 5.41) is -3.41. The summed E-state index contributed by atoms with van der Waals surface area (Å²) in [7, 11) is -5.48. The number of Topliss-reactive ketones (excluding diaryl/α,β-unsaturated/α-hetero) is 1. The van der Waals surface area contributed by atoms with Gasteiger partial charge in [-0.25, -0.2) is 0 Å². The van der Waals surface area contributed by atoms with Gasteiger partial charge in [0.15, 0.2) is 23.0 Å². The molecule has 0 aromatic heterocycles. The standard InChI is InChI=1S/C38H60O11S2/c1-5-6-7-8-9-10-11-12-13-14-15-16-17-18-19-20-25-49-34-24-22-31(27-36(34)48-4)38(51(43,44)45)29-32(39)28-37(50(40,41)42)30-21-23-33(46-2)35(26-30)47-3/h21-24,26-27,37-38H,5-20,25,28-29H2,1-4H3,(H,40,41,42)(H,43,44,45). The third-order valence-electron chi connectivity index (χ3n) is 9.14. The zero-order chi connectivity index (χ0) is 37.7. The van der Waals surface area contributed by atoms with Gasteiger partial charge in [-0.1, -0.05) is 115 Å². The molecule has 11 nitrogen and oxygen atoms in total. The van der Waals surface area contributed by atoms with Crippen molar-refractivity contribution in [3.05, 3.63) is 47.5 Å². The zero-order valence-corrected chi connectivity index (χ0v) is 32.6. The Bertz CT molecular complexity index is 1520. The molecule has 0 aliphatic rings. The lowest BCUT2D eigenvalue weighted by atomic mass is 10.0. The number of unbranched alkanes of at least 4 members (excludes halogenated alkanes) is 15. The van der Waals surface area contributed by atoms with Crippen molar-refractivity contribution in [1.29, 1.82) is 0 Å². The Morgan fingerprint density at radius 2 is 0.902 bits per heavy atom. The van der Waals surface area contributed by atoms with Gasteiger partial charge in [-0.2, -0.15) is 16.8 Å². The minimum atomic E-state index is -4.82. The lowest BCUT2D eigenvalue weighted by Crippen LogP contribution is -2.21. The second kappa shape index (κ2) is 23.6. The minimum Gasteiger partial charge on any atom is -0.493 e. The molecule has 0 saturated carbocycles. The molecule has 0 spiro atoms. The van der Waals surface area contributed by atoms with Crippen molar-refractivity contribution in [3.63, 3.8) is 0 Å². The van der Waals surface area contributed by atoms with Crippen LogP contribution in [0, 0.1) is 0 Å². The number of ether oxygens (including phenoxy) is 4. The lowest BCUT2D eigenvalue weighted by Gasteiger charge is -2.19. The highest BCUT2D eigenvalue weighted by Gasteiger charge is 2.33. The van der Waals surface area contributed by atoms with Gasteiger partial charge in [-0.15, -0.1) is 0 Å². The summed E-state index contributed by atoms with van der Waals surface area (Å²) in [4.78, 5) is 13.1. The molecule has 0 heterocycles. The maximum Gasteiger partial charge on any atom is 0.272 e. The average Bonchev–Trinajstić information content (AvgIpc) is 3.09. The summed E-state index contributed by atoms with van der Waals surface area (Å²) in [5.74, 6) is 0.280. The summed E-state index contributed by atoms with van der Waals surface area (Å²) in [6, 6.07) is 8.42.